The summed E-state index contributed by atoms with van der Waals surface area (Å²) >= 11 is 0. The third-order valence-corrected chi connectivity index (χ3v) is 2.93. The number of hydrogen-bond donors (Lipinski definition) is 0. The van der Waals surface area contributed by atoms with E-state index in [1.54, 1.807) is 30.7 Å². The summed E-state index contributed by atoms with van der Waals surface area (Å²) in [5.74, 6) is 0.00352. The lowest BCUT2D eigenvalue weighted by molar-refractivity contribution is -0.119. The van der Waals surface area contributed by atoms with Crippen molar-refractivity contribution in [3.8, 4) is 0 Å². The summed E-state index contributed by atoms with van der Waals surface area (Å²) < 4.78 is 0. The third kappa shape index (κ3) is 1.97. The summed E-state index contributed by atoms with van der Waals surface area (Å²) in [5, 5.41) is 13.3. The smallest absolute Gasteiger partial charge is 0.257 e. The zero-order valence-electron chi connectivity index (χ0n) is 10.3. The first kappa shape index (κ1) is 11.5. The van der Waals surface area contributed by atoms with Crippen molar-refractivity contribution in [1.82, 2.24) is 15.2 Å². The van der Waals surface area contributed by atoms with E-state index >= 15 is 0 Å². The van der Waals surface area contributed by atoms with Gasteiger partial charge < -0.3 is 0 Å². The van der Waals surface area contributed by atoms with Crippen LogP contribution in [0.5, 0.6) is 0 Å². The Balaban J connectivity index is 2.01. The van der Waals surface area contributed by atoms with Crippen LogP contribution < -0.4 is 5.01 Å². The average molecular weight is 253 g/mol. The highest BCUT2D eigenvalue weighted by molar-refractivity contribution is 6.20. The number of pyridine rings is 1. The number of hydrazone groups is 1. The number of carbonyl (C=O) groups excluding carboxylic acids is 1. The lowest BCUT2D eigenvalue weighted by Crippen LogP contribution is -2.26. The number of amides is 1. The predicted octanol–water partition coefficient (Wildman–Crippen LogP) is 1.26. The Morgan fingerprint density at radius 3 is 2.74 bits per heavy atom. The molecule has 2 aromatic rings. The van der Waals surface area contributed by atoms with Crippen molar-refractivity contribution in [1.29, 1.82) is 0 Å². The van der Waals surface area contributed by atoms with Crippen LogP contribution in [-0.2, 0) is 4.79 Å². The van der Waals surface area contributed by atoms with Crippen molar-refractivity contribution < 1.29 is 4.79 Å². The zero-order chi connectivity index (χ0) is 13.2. The largest absolute Gasteiger partial charge is 0.272 e. The van der Waals surface area contributed by atoms with Gasteiger partial charge in [0.05, 0.1) is 11.6 Å². The van der Waals surface area contributed by atoms with Crippen molar-refractivity contribution in [2.75, 3.05) is 5.01 Å². The van der Waals surface area contributed by atoms with Gasteiger partial charge in [-0.25, -0.2) is 0 Å². The van der Waals surface area contributed by atoms with Crippen LogP contribution >= 0.6 is 0 Å². The Kier molecular flexibility index (Phi) is 2.75. The molecule has 0 aromatic carbocycles. The lowest BCUT2D eigenvalue weighted by Gasteiger charge is -2.09. The van der Waals surface area contributed by atoms with Crippen molar-refractivity contribution >= 4 is 17.4 Å². The van der Waals surface area contributed by atoms with Gasteiger partial charge in [0.2, 0.25) is 0 Å². The van der Waals surface area contributed by atoms with Crippen LogP contribution in [0.2, 0.25) is 0 Å². The number of nitrogens with zero attached hydrogens (tertiary/aromatic N) is 5. The quantitative estimate of drug-likeness (QED) is 0.807. The molecule has 19 heavy (non-hydrogen) atoms. The maximum absolute atomic E-state index is 12.2. The molecule has 0 N–H and O–H groups in total. The van der Waals surface area contributed by atoms with Crippen LogP contribution in [0.3, 0.4) is 0 Å². The Bertz CT molecular complexity index is 626. The SMILES string of the molecule is CC1C(=O)N(c2cccnn2)N=C1c1cccnc1. The molecule has 6 nitrogen and oxygen atoms in total. The molecular weight excluding hydrogens is 242 g/mol. The van der Waals surface area contributed by atoms with Crippen LogP contribution in [-0.4, -0.2) is 26.8 Å². The Labute approximate surface area is 109 Å². The number of rotatable bonds is 2. The molecule has 0 radical (unpaired) electrons. The highest BCUT2D eigenvalue weighted by atomic mass is 16.2. The standard InChI is InChI=1S/C13H11N5O/c1-9-12(10-4-2-6-14-8-10)17-18(13(9)19)11-5-3-7-15-16-11/h2-9H,1H3. The molecule has 1 amide bonds. The van der Waals surface area contributed by atoms with E-state index in [4.69, 9.17) is 0 Å². The van der Waals surface area contributed by atoms with E-state index in [2.05, 4.69) is 20.3 Å². The predicted molar refractivity (Wildman–Crippen MR) is 69.5 cm³/mol. The van der Waals surface area contributed by atoms with E-state index in [-0.39, 0.29) is 11.8 Å². The molecular formula is C13H11N5O. The number of carbonyl (C=O) groups is 1. The topological polar surface area (TPSA) is 71.3 Å². The van der Waals surface area contributed by atoms with Gasteiger partial charge in [0.15, 0.2) is 5.82 Å². The molecule has 94 valence electrons. The number of aromatic nitrogens is 3. The molecule has 1 atom stereocenters. The van der Waals surface area contributed by atoms with Gasteiger partial charge >= 0.3 is 0 Å². The first-order valence-corrected chi connectivity index (χ1v) is 5.88. The molecule has 0 spiro atoms. The molecule has 0 bridgehead atoms. The highest BCUT2D eigenvalue weighted by Gasteiger charge is 2.34. The van der Waals surface area contributed by atoms with Crippen molar-refractivity contribution in [2.24, 2.45) is 11.0 Å². The molecule has 2 aromatic heterocycles. The third-order valence-electron chi connectivity index (χ3n) is 2.93. The van der Waals surface area contributed by atoms with E-state index in [0.29, 0.717) is 11.5 Å². The van der Waals surface area contributed by atoms with Gasteiger partial charge in [-0.05, 0) is 31.2 Å². The summed E-state index contributed by atoms with van der Waals surface area (Å²) in [6.07, 6.45) is 4.94. The second-order valence-electron chi connectivity index (χ2n) is 4.18. The molecule has 3 rings (SSSR count). The normalized spacial score (nSPS) is 18.6. The minimum Gasteiger partial charge on any atom is -0.272 e. The molecule has 6 heteroatoms. The van der Waals surface area contributed by atoms with E-state index in [9.17, 15) is 4.79 Å². The second kappa shape index (κ2) is 4.56. The zero-order valence-corrected chi connectivity index (χ0v) is 10.3. The van der Waals surface area contributed by atoms with E-state index < -0.39 is 0 Å². The van der Waals surface area contributed by atoms with Gasteiger partial charge in [0, 0.05) is 24.2 Å². The number of anilines is 1. The van der Waals surface area contributed by atoms with Gasteiger partial charge in [-0.3, -0.25) is 9.78 Å². The average Bonchev–Trinajstić information content (AvgIpc) is 2.77. The molecule has 0 fully saturated rings. The van der Waals surface area contributed by atoms with Crippen LogP contribution in [0, 0.1) is 5.92 Å². The van der Waals surface area contributed by atoms with Crippen LogP contribution in [0.1, 0.15) is 12.5 Å². The van der Waals surface area contributed by atoms with E-state index in [1.807, 2.05) is 19.1 Å². The maximum Gasteiger partial charge on any atom is 0.257 e. The Hall–Kier alpha value is -2.63. The molecule has 0 saturated heterocycles. The van der Waals surface area contributed by atoms with Gasteiger partial charge in [-0.2, -0.15) is 15.2 Å². The van der Waals surface area contributed by atoms with Crippen LogP contribution in [0.15, 0.2) is 48.0 Å². The van der Waals surface area contributed by atoms with Gasteiger partial charge in [0.1, 0.15) is 0 Å². The highest BCUT2D eigenvalue weighted by Crippen LogP contribution is 2.24. The molecule has 0 saturated carbocycles. The van der Waals surface area contributed by atoms with Crippen LogP contribution in [0.25, 0.3) is 0 Å². The van der Waals surface area contributed by atoms with Crippen molar-refractivity contribution in [3.05, 3.63) is 48.4 Å². The number of hydrogen-bond acceptors (Lipinski definition) is 5. The fraction of sp³-hybridized carbons (Fsp3) is 0.154. The lowest BCUT2D eigenvalue weighted by atomic mass is 10.0. The molecule has 3 heterocycles. The van der Waals surface area contributed by atoms with E-state index in [1.165, 1.54) is 5.01 Å². The molecule has 1 aliphatic heterocycles. The fourth-order valence-corrected chi connectivity index (χ4v) is 1.94. The summed E-state index contributed by atoms with van der Waals surface area (Å²) in [6, 6.07) is 7.13. The Morgan fingerprint density at radius 2 is 2.05 bits per heavy atom. The van der Waals surface area contributed by atoms with Crippen LogP contribution in [0.4, 0.5) is 5.82 Å². The summed E-state index contributed by atoms with van der Waals surface area (Å²) in [5.41, 5.74) is 1.54. The first-order valence-electron chi connectivity index (χ1n) is 5.88. The molecule has 1 aliphatic rings. The van der Waals surface area contributed by atoms with Crippen molar-refractivity contribution in [2.45, 2.75) is 6.92 Å². The second-order valence-corrected chi connectivity index (χ2v) is 4.18. The molecule has 0 aliphatic carbocycles. The minimum atomic E-state index is -0.314. The van der Waals surface area contributed by atoms with Gasteiger partial charge in [0.25, 0.3) is 5.91 Å². The van der Waals surface area contributed by atoms with Gasteiger partial charge in [-0.15, -0.1) is 5.10 Å². The first-order chi connectivity index (χ1) is 9.27. The molecule has 1 unspecified atom stereocenters. The Morgan fingerprint density at radius 1 is 1.21 bits per heavy atom. The fourth-order valence-electron chi connectivity index (χ4n) is 1.94. The summed E-state index contributed by atoms with van der Waals surface area (Å²) in [4.78, 5) is 16.3. The van der Waals surface area contributed by atoms with Crippen molar-refractivity contribution in [3.63, 3.8) is 0 Å². The van der Waals surface area contributed by atoms with E-state index in [0.717, 1.165) is 5.56 Å². The minimum absolute atomic E-state index is 0.112. The monoisotopic (exact) mass is 253 g/mol. The maximum atomic E-state index is 12.2. The van der Waals surface area contributed by atoms with Gasteiger partial charge in [-0.1, -0.05) is 0 Å². The summed E-state index contributed by atoms with van der Waals surface area (Å²) in [7, 11) is 0. The summed E-state index contributed by atoms with van der Waals surface area (Å²) in [6.45, 7) is 1.82.